The van der Waals surface area contributed by atoms with Crippen LogP contribution in [0.4, 0.5) is 6.01 Å². The van der Waals surface area contributed by atoms with E-state index in [2.05, 4.69) is 22.1 Å². The van der Waals surface area contributed by atoms with Crippen LogP contribution in [0.25, 0.3) is 0 Å². The number of hydrogen-bond acceptors (Lipinski definition) is 4. The summed E-state index contributed by atoms with van der Waals surface area (Å²) in [4.78, 5) is 6.91. The molecule has 0 saturated heterocycles. The molecule has 0 atom stereocenters. The number of aromatic nitrogens is 1. The Balaban J connectivity index is 1.60. The summed E-state index contributed by atoms with van der Waals surface area (Å²) in [5, 5.41) is 3.46. The lowest BCUT2D eigenvalue weighted by Crippen LogP contribution is -2.26. The lowest BCUT2D eigenvalue weighted by atomic mass is 10.4. The lowest BCUT2D eigenvalue weighted by molar-refractivity contribution is 0.527. The van der Waals surface area contributed by atoms with E-state index in [-0.39, 0.29) is 0 Å². The second-order valence-electron chi connectivity index (χ2n) is 5.20. The standard InChI is InChI=1S/C13H21N3O/c1-2-7-16(12-5-6-12)13-15-11(9-17-13)8-14-10-3-4-10/h9-10,12,14H,2-8H2,1H3. The maximum atomic E-state index is 5.61. The summed E-state index contributed by atoms with van der Waals surface area (Å²) < 4.78 is 5.61. The Labute approximate surface area is 102 Å². The molecule has 1 heterocycles. The normalized spacial score (nSPS) is 19.6. The highest BCUT2D eigenvalue weighted by Gasteiger charge is 2.31. The van der Waals surface area contributed by atoms with Crippen LogP contribution in [0.2, 0.25) is 0 Å². The molecule has 1 aromatic heterocycles. The topological polar surface area (TPSA) is 41.3 Å². The van der Waals surface area contributed by atoms with E-state index in [4.69, 9.17) is 4.42 Å². The van der Waals surface area contributed by atoms with E-state index in [0.29, 0.717) is 6.04 Å². The van der Waals surface area contributed by atoms with E-state index in [0.717, 1.165) is 37.3 Å². The quantitative estimate of drug-likeness (QED) is 0.787. The fraction of sp³-hybridized carbons (Fsp3) is 0.769. The van der Waals surface area contributed by atoms with E-state index in [1.54, 1.807) is 6.26 Å². The average Bonchev–Trinajstić information content (AvgIpc) is 3.23. The van der Waals surface area contributed by atoms with Crippen molar-refractivity contribution in [2.24, 2.45) is 0 Å². The zero-order valence-electron chi connectivity index (χ0n) is 10.5. The third-order valence-electron chi connectivity index (χ3n) is 3.39. The number of nitrogens with zero attached hydrogens (tertiary/aromatic N) is 2. The highest BCUT2D eigenvalue weighted by molar-refractivity contribution is 5.31. The van der Waals surface area contributed by atoms with Gasteiger partial charge in [0.15, 0.2) is 0 Å². The summed E-state index contributed by atoms with van der Waals surface area (Å²) in [6.45, 7) is 4.10. The Bertz CT molecular complexity index is 368. The van der Waals surface area contributed by atoms with Crippen LogP contribution >= 0.6 is 0 Å². The monoisotopic (exact) mass is 235 g/mol. The molecule has 3 rings (SSSR count). The first-order valence-corrected chi connectivity index (χ1v) is 6.81. The Morgan fingerprint density at radius 2 is 2.24 bits per heavy atom. The Morgan fingerprint density at radius 1 is 1.41 bits per heavy atom. The molecule has 0 amide bonds. The summed E-state index contributed by atoms with van der Waals surface area (Å²) in [6, 6.07) is 2.23. The predicted molar refractivity (Wildman–Crippen MR) is 67.0 cm³/mol. The molecule has 2 aliphatic rings. The average molecular weight is 235 g/mol. The second-order valence-corrected chi connectivity index (χ2v) is 5.20. The molecule has 2 saturated carbocycles. The molecule has 1 aromatic rings. The Morgan fingerprint density at radius 3 is 2.88 bits per heavy atom. The molecule has 0 aliphatic heterocycles. The summed E-state index contributed by atoms with van der Waals surface area (Å²) in [7, 11) is 0. The predicted octanol–water partition coefficient (Wildman–Crippen LogP) is 2.31. The maximum Gasteiger partial charge on any atom is 0.297 e. The van der Waals surface area contributed by atoms with Crippen LogP contribution in [-0.2, 0) is 6.54 Å². The van der Waals surface area contributed by atoms with Crippen LogP contribution < -0.4 is 10.2 Å². The third kappa shape index (κ3) is 2.80. The van der Waals surface area contributed by atoms with Gasteiger partial charge in [-0.15, -0.1) is 0 Å². The van der Waals surface area contributed by atoms with Gasteiger partial charge in [-0.2, -0.15) is 4.98 Å². The van der Waals surface area contributed by atoms with Gasteiger partial charge in [0.2, 0.25) is 0 Å². The van der Waals surface area contributed by atoms with Gasteiger partial charge in [-0.1, -0.05) is 6.92 Å². The summed E-state index contributed by atoms with van der Waals surface area (Å²) in [5.41, 5.74) is 1.04. The molecule has 4 nitrogen and oxygen atoms in total. The van der Waals surface area contributed by atoms with Crippen molar-refractivity contribution in [3.8, 4) is 0 Å². The third-order valence-corrected chi connectivity index (χ3v) is 3.39. The van der Waals surface area contributed by atoms with Gasteiger partial charge < -0.3 is 14.6 Å². The molecule has 0 aromatic carbocycles. The van der Waals surface area contributed by atoms with Crippen LogP contribution in [0.15, 0.2) is 10.7 Å². The van der Waals surface area contributed by atoms with Crippen molar-refractivity contribution in [1.82, 2.24) is 10.3 Å². The minimum absolute atomic E-state index is 0.679. The molecule has 17 heavy (non-hydrogen) atoms. The minimum atomic E-state index is 0.679. The molecule has 4 heteroatoms. The lowest BCUT2D eigenvalue weighted by Gasteiger charge is -2.18. The SMILES string of the molecule is CCCN(c1nc(CNC2CC2)co1)C1CC1. The van der Waals surface area contributed by atoms with Crippen molar-refractivity contribution < 1.29 is 4.42 Å². The van der Waals surface area contributed by atoms with Gasteiger partial charge in [-0.25, -0.2) is 0 Å². The van der Waals surface area contributed by atoms with E-state index in [9.17, 15) is 0 Å². The maximum absolute atomic E-state index is 5.61. The molecule has 2 aliphatic carbocycles. The molecule has 94 valence electrons. The molecule has 2 fully saturated rings. The largest absolute Gasteiger partial charge is 0.432 e. The minimum Gasteiger partial charge on any atom is -0.432 e. The molecule has 0 bridgehead atoms. The molecule has 0 unspecified atom stereocenters. The molecule has 0 radical (unpaired) electrons. The molecular weight excluding hydrogens is 214 g/mol. The van der Waals surface area contributed by atoms with Crippen molar-refractivity contribution in [1.29, 1.82) is 0 Å². The van der Waals surface area contributed by atoms with Crippen LogP contribution in [0, 0.1) is 0 Å². The smallest absolute Gasteiger partial charge is 0.297 e. The van der Waals surface area contributed by atoms with Crippen LogP contribution in [0.3, 0.4) is 0 Å². The van der Waals surface area contributed by atoms with Gasteiger partial charge in [0.05, 0.1) is 5.69 Å². The fourth-order valence-electron chi connectivity index (χ4n) is 2.11. The second kappa shape index (κ2) is 4.69. The number of rotatable bonds is 7. The number of nitrogens with one attached hydrogen (secondary N) is 1. The van der Waals surface area contributed by atoms with E-state index in [1.165, 1.54) is 25.7 Å². The zero-order chi connectivity index (χ0) is 11.7. The number of oxazole rings is 1. The van der Waals surface area contributed by atoms with Gasteiger partial charge in [0.1, 0.15) is 6.26 Å². The van der Waals surface area contributed by atoms with Crippen LogP contribution in [0.1, 0.15) is 44.7 Å². The first-order valence-electron chi connectivity index (χ1n) is 6.81. The van der Waals surface area contributed by atoms with Crippen molar-refractivity contribution in [3.05, 3.63) is 12.0 Å². The summed E-state index contributed by atoms with van der Waals surface area (Å²) in [6.07, 6.45) is 8.16. The van der Waals surface area contributed by atoms with Crippen molar-refractivity contribution in [2.45, 2.75) is 57.7 Å². The highest BCUT2D eigenvalue weighted by Crippen LogP contribution is 2.31. The highest BCUT2D eigenvalue weighted by atomic mass is 16.4. The van der Waals surface area contributed by atoms with E-state index in [1.807, 2.05) is 0 Å². The van der Waals surface area contributed by atoms with Crippen molar-refractivity contribution >= 4 is 6.01 Å². The molecular formula is C13H21N3O. The van der Waals surface area contributed by atoms with Gasteiger partial charge in [0.25, 0.3) is 6.01 Å². The Kier molecular flexibility index (Phi) is 3.05. The van der Waals surface area contributed by atoms with E-state index >= 15 is 0 Å². The molecule has 0 spiro atoms. The molecule has 1 N–H and O–H groups in total. The van der Waals surface area contributed by atoms with Gasteiger partial charge in [0, 0.05) is 25.2 Å². The van der Waals surface area contributed by atoms with Gasteiger partial charge >= 0.3 is 0 Å². The fourth-order valence-corrected chi connectivity index (χ4v) is 2.11. The zero-order valence-corrected chi connectivity index (χ0v) is 10.5. The number of hydrogen-bond donors (Lipinski definition) is 1. The van der Waals surface area contributed by atoms with Gasteiger partial charge in [-0.3, -0.25) is 0 Å². The first kappa shape index (κ1) is 11.1. The van der Waals surface area contributed by atoms with E-state index < -0.39 is 0 Å². The first-order chi connectivity index (χ1) is 8.36. The van der Waals surface area contributed by atoms with Crippen molar-refractivity contribution in [2.75, 3.05) is 11.4 Å². The summed E-state index contributed by atoms with van der Waals surface area (Å²) in [5.74, 6) is 0. The van der Waals surface area contributed by atoms with Gasteiger partial charge in [-0.05, 0) is 32.1 Å². The van der Waals surface area contributed by atoms with Crippen LogP contribution in [-0.4, -0.2) is 23.6 Å². The summed E-state index contributed by atoms with van der Waals surface area (Å²) >= 11 is 0. The van der Waals surface area contributed by atoms with Crippen LogP contribution in [0.5, 0.6) is 0 Å². The van der Waals surface area contributed by atoms with Crippen molar-refractivity contribution in [3.63, 3.8) is 0 Å². The number of anilines is 1. The Hall–Kier alpha value is -1.03.